The molecular weight excluding hydrogens is 420 g/mol. The molecule has 0 aliphatic heterocycles. The molecule has 1 aromatic heterocycles. The van der Waals surface area contributed by atoms with Gasteiger partial charge in [0.1, 0.15) is 5.69 Å². The maximum atomic E-state index is 12.1. The summed E-state index contributed by atoms with van der Waals surface area (Å²) in [4.78, 5) is 15.1. The van der Waals surface area contributed by atoms with Crippen LogP contribution < -0.4 is 5.32 Å². The number of nitrogens with one attached hydrogen (secondary N) is 2. The number of halogens is 1. The van der Waals surface area contributed by atoms with E-state index in [1.54, 1.807) is 12.1 Å². The Labute approximate surface area is 164 Å². The van der Waals surface area contributed by atoms with Gasteiger partial charge in [-0.2, -0.15) is 0 Å². The normalized spacial score (nSPS) is 11.0. The second-order valence-corrected chi connectivity index (χ2v) is 6.56. The van der Waals surface area contributed by atoms with E-state index >= 15 is 0 Å². The van der Waals surface area contributed by atoms with Crippen LogP contribution in [0.2, 0.25) is 0 Å². The van der Waals surface area contributed by atoms with Crippen molar-refractivity contribution in [3.05, 3.63) is 44.7 Å². The number of H-pyrrole nitrogens is 1. The number of methoxy groups -OCH3 is 1. The second-order valence-electron chi connectivity index (χ2n) is 5.76. The fraction of sp³-hybridized carbons (Fsp3) is 0.389. The van der Waals surface area contributed by atoms with E-state index in [0.29, 0.717) is 51.1 Å². The van der Waals surface area contributed by atoms with Crippen LogP contribution in [0.1, 0.15) is 32.9 Å². The number of ether oxygens (including phenoxy) is 1. The van der Waals surface area contributed by atoms with E-state index in [1.807, 2.05) is 0 Å². The highest BCUT2D eigenvalue weighted by molar-refractivity contribution is 9.10. The van der Waals surface area contributed by atoms with Gasteiger partial charge in [0.15, 0.2) is 0 Å². The Balaban J connectivity index is 2.68. The SMILES string of the molecule is COC(=O)c1[nH]c(CNCCO)c(-c2ccc(CO)c(CO)c2CO)c1Br. The number of rotatable bonds is 9. The van der Waals surface area contributed by atoms with Gasteiger partial charge in [-0.25, -0.2) is 4.79 Å². The van der Waals surface area contributed by atoms with Crippen molar-refractivity contribution in [2.45, 2.75) is 26.4 Å². The molecule has 0 amide bonds. The van der Waals surface area contributed by atoms with Crippen molar-refractivity contribution in [2.24, 2.45) is 0 Å². The number of benzene rings is 1. The predicted molar refractivity (Wildman–Crippen MR) is 102 cm³/mol. The zero-order valence-electron chi connectivity index (χ0n) is 14.9. The molecule has 0 aliphatic rings. The molecule has 2 aromatic rings. The van der Waals surface area contributed by atoms with Crippen molar-refractivity contribution in [2.75, 3.05) is 20.3 Å². The van der Waals surface area contributed by atoms with Gasteiger partial charge in [-0.3, -0.25) is 0 Å². The second kappa shape index (κ2) is 9.98. The van der Waals surface area contributed by atoms with Crippen LogP contribution >= 0.6 is 15.9 Å². The summed E-state index contributed by atoms with van der Waals surface area (Å²) < 4.78 is 5.27. The summed E-state index contributed by atoms with van der Waals surface area (Å²) in [6, 6.07) is 3.39. The molecule has 0 radical (unpaired) electrons. The monoisotopic (exact) mass is 442 g/mol. The first-order valence-electron chi connectivity index (χ1n) is 8.30. The first-order valence-corrected chi connectivity index (χ1v) is 9.10. The van der Waals surface area contributed by atoms with Crippen LogP contribution in [0.5, 0.6) is 0 Å². The highest BCUT2D eigenvalue weighted by atomic mass is 79.9. The third-order valence-electron chi connectivity index (χ3n) is 4.28. The number of carbonyl (C=O) groups is 1. The Kier molecular flexibility index (Phi) is 7.96. The molecule has 0 unspecified atom stereocenters. The van der Waals surface area contributed by atoms with Crippen LogP contribution in [-0.4, -0.2) is 51.6 Å². The zero-order chi connectivity index (χ0) is 20.0. The van der Waals surface area contributed by atoms with E-state index in [-0.39, 0.29) is 32.1 Å². The quantitative estimate of drug-likeness (QED) is 0.249. The first kappa shape index (κ1) is 21.5. The average Bonchev–Trinajstić information content (AvgIpc) is 3.02. The number of aliphatic hydroxyl groups is 4. The van der Waals surface area contributed by atoms with Crippen LogP contribution in [0, 0.1) is 0 Å². The molecule has 9 heteroatoms. The molecule has 0 aliphatic carbocycles. The Morgan fingerprint density at radius 3 is 2.41 bits per heavy atom. The van der Waals surface area contributed by atoms with Gasteiger partial charge in [0.2, 0.25) is 0 Å². The fourth-order valence-electron chi connectivity index (χ4n) is 2.98. The zero-order valence-corrected chi connectivity index (χ0v) is 16.5. The Hall–Kier alpha value is -1.75. The molecule has 0 saturated heterocycles. The number of aromatic amines is 1. The lowest BCUT2D eigenvalue weighted by atomic mass is 9.92. The molecule has 0 fully saturated rings. The van der Waals surface area contributed by atoms with Crippen LogP contribution in [-0.2, 0) is 31.1 Å². The minimum Gasteiger partial charge on any atom is -0.464 e. The summed E-state index contributed by atoms with van der Waals surface area (Å²) in [5.41, 5.74) is 3.52. The third kappa shape index (κ3) is 4.40. The molecule has 2 rings (SSSR count). The first-order chi connectivity index (χ1) is 13.0. The number of carbonyl (C=O) groups excluding carboxylic acids is 1. The Bertz CT molecular complexity index is 806. The van der Waals surface area contributed by atoms with E-state index in [2.05, 4.69) is 26.2 Å². The lowest BCUT2D eigenvalue weighted by molar-refractivity contribution is 0.0593. The van der Waals surface area contributed by atoms with Crippen molar-refractivity contribution < 1.29 is 30.0 Å². The van der Waals surface area contributed by atoms with Crippen LogP contribution in [0.4, 0.5) is 0 Å². The van der Waals surface area contributed by atoms with Gasteiger partial charge in [0.25, 0.3) is 0 Å². The van der Waals surface area contributed by atoms with E-state index in [0.717, 1.165) is 0 Å². The van der Waals surface area contributed by atoms with Crippen molar-refractivity contribution in [1.82, 2.24) is 10.3 Å². The van der Waals surface area contributed by atoms with Crippen LogP contribution in [0.15, 0.2) is 16.6 Å². The minimum atomic E-state index is -0.559. The molecule has 6 N–H and O–H groups in total. The molecule has 0 spiro atoms. The summed E-state index contributed by atoms with van der Waals surface area (Å²) in [6.45, 7) is -0.315. The Morgan fingerprint density at radius 2 is 1.85 bits per heavy atom. The standard InChI is InChI=1S/C18H23BrN2O6/c1-27-18(26)17-16(19)15(14(21-17)6-20-4-5-22)11-3-2-10(7-23)12(8-24)13(11)9-25/h2-3,20-25H,4-9H2,1H3. The average molecular weight is 443 g/mol. The minimum absolute atomic E-state index is 0.0389. The summed E-state index contributed by atoms with van der Waals surface area (Å²) in [5.74, 6) is -0.559. The molecule has 0 saturated carbocycles. The van der Waals surface area contributed by atoms with E-state index < -0.39 is 5.97 Å². The lowest BCUT2D eigenvalue weighted by Crippen LogP contribution is -2.18. The maximum Gasteiger partial charge on any atom is 0.355 e. The Morgan fingerprint density at radius 1 is 1.15 bits per heavy atom. The van der Waals surface area contributed by atoms with Crippen molar-refractivity contribution in [1.29, 1.82) is 0 Å². The summed E-state index contributed by atoms with van der Waals surface area (Å²) in [7, 11) is 1.28. The van der Waals surface area contributed by atoms with Gasteiger partial charge >= 0.3 is 5.97 Å². The van der Waals surface area contributed by atoms with Crippen molar-refractivity contribution >= 4 is 21.9 Å². The molecule has 0 bridgehead atoms. The number of aliphatic hydroxyl groups excluding tert-OH is 4. The van der Waals surface area contributed by atoms with E-state index in [4.69, 9.17) is 9.84 Å². The number of hydrogen-bond acceptors (Lipinski definition) is 7. The van der Waals surface area contributed by atoms with Gasteiger partial charge < -0.3 is 35.5 Å². The van der Waals surface area contributed by atoms with Crippen LogP contribution in [0.3, 0.4) is 0 Å². The lowest BCUT2D eigenvalue weighted by Gasteiger charge is -2.16. The number of aromatic nitrogens is 1. The fourth-order valence-corrected chi connectivity index (χ4v) is 3.69. The molecule has 8 nitrogen and oxygen atoms in total. The highest BCUT2D eigenvalue weighted by Crippen LogP contribution is 2.39. The third-order valence-corrected chi connectivity index (χ3v) is 5.07. The summed E-state index contributed by atoms with van der Waals surface area (Å²) in [5, 5.41) is 41.1. The maximum absolute atomic E-state index is 12.1. The van der Waals surface area contributed by atoms with Gasteiger partial charge in [0.05, 0.1) is 38.0 Å². The molecule has 27 heavy (non-hydrogen) atoms. The van der Waals surface area contributed by atoms with E-state index in [9.17, 15) is 20.1 Å². The number of esters is 1. The molecular formula is C18H23BrN2O6. The van der Waals surface area contributed by atoms with Gasteiger partial charge in [-0.15, -0.1) is 0 Å². The van der Waals surface area contributed by atoms with Crippen molar-refractivity contribution in [3.63, 3.8) is 0 Å². The summed E-state index contributed by atoms with van der Waals surface area (Å²) >= 11 is 3.43. The van der Waals surface area contributed by atoms with Gasteiger partial charge in [0, 0.05) is 24.3 Å². The van der Waals surface area contributed by atoms with Gasteiger partial charge in [-0.1, -0.05) is 12.1 Å². The molecule has 1 aromatic carbocycles. The van der Waals surface area contributed by atoms with Crippen molar-refractivity contribution in [3.8, 4) is 11.1 Å². The highest BCUT2D eigenvalue weighted by Gasteiger charge is 2.25. The molecule has 148 valence electrons. The van der Waals surface area contributed by atoms with E-state index in [1.165, 1.54) is 7.11 Å². The number of hydrogen-bond donors (Lipinski definition) is 6. The predicted octanol–water partition coefficient (Wildman–Crippen LogP) is 0.790. The smallest absolute Gasteiger partial charge is 0.355 e. The summed E-state index contributed by atoms with van der Waals surface area (Å²) in [6.07, 6.45) is 0. The van der Waals surface area contributed by atoms with Crippen LogP contribution in [0.25, 0.3) is 11.1 Å². The molecule has 1 heterocycles. The largest absolute Gasteiger partial charge is 0.464 e. The topological polar surface area (TPSA) is 135 Å². The van der Waals surface area contributed by atoms with Gasteiger partial charge in [-0.05, 0) is 38.2 Å². The molecule has 0 atom stereocenters.